The van der Waals surface area contributed by atoms with Gasteiger partial charge in [0.2, 0.25) is 0 Å². The Labute approximate surface area is 161 Å². The Bertz CT molecular complexity index is 773. The quantitative estimate of drug-likeness (QED) is 0.769. The highest BCUT2D eigenvalue weighted by Crippen LogP contribution is 2.52. The standard InChI is InChI=1S/C23H28O4/c1-24-18-8-10-20(26-3)22-16(18)12-14-6-5-7-15(14)13-17-19(25-2)9-11-21(27-4)23(17)22/h8-11,14-15H,5-7,12-13H2,1-4H3. The summed E-state index contributed by atoms with van der Waals surface area (Å²) in [6.45, 7) is 0. The number of hydrogen-bond donors (Lipinski definition) is 0. The number of methoxy groups -OCH3 is 4. The Kier molecular flexibility index (Phi) is 4.90. The molecule has 4 heteroatoms. The lowest BCUT2D eigenvalue weighted by Crippen LogP contribution is -2.19. The van der Waals surface area contributed by atoms with Gasteiger partial charge in [-0.3, -0.25) is 0 Å². The molecule has 0 aliphatic heterocycles. The van der Waals surface area contributed by atoms with Crippen LogP contribution in [0.2, 0.25) is 0 Å². The molecule has 0 saturated heterocycles. The van der Waals surface area contributed by atoms with Gasteiger partial charge in [-0.2, -0.15) is 0 Å². The van der Waals surface area contributed by atoms with E-state index < -0.39 is 0 Å². The van der Waals surface area contributed by atoms with Gasteiger partial charge >= 0.3 is 0 Å². The molecule has 144 valence electrons. The zero-order valence-electron chi connectivity index (χ0n) is 16.6. The Morgan fingerprint density at radius 2 is 0.963 bits per heavy atom. The summed E-state index contributed by atoms with van der Waals surface area (Å²) in [5.41, 5.74) is 4.63. The van der Waals surface area contributed by atoms with Crippen molar-refractivity contribution in [2.24, 2.45) is 11.8 Å². The first-order valence-electron chi connectivity index (χ1n) is 9.69. The third kappa shape index (κ3) is 2.91. The summed E-state index contributed by atoms with van der Waals surface area (Å²) in [6.07, 6.45) is 5.86. The predicted molar refractivity (Wildman–Crippen MR) is 106 cm³/mol. The highest BCUT2D eigenvalue weighted by atomic mass is 16.5. The maximum Gasteiger partial charge on any atom is 0.127 e. The molecule has 0 radical (unpaired) electrons. The minimum Gasteiger partial charge on any atom is -0.496 e. The monoisotopic (exact) mass is 368 g/mol. The van der Waals surface area contributed by atoms with E-state index in [1.807, 2.05) is 24.3 Å². The van der Waals surface area contributed by atoms with Gasteiger partial charge in [-0.15, -0.1) is 0 Å². The Morgan fingerprint density at radius 3 is 1.33 bits per heavy atom. The topological polar surface area (TPSA) is 36.9 Å². The maximum atomic E-state index is 5.80. The molecule has 4 rings (SSSR count). The average molecular weight is 368 g/mol. The zero-order chi connectivity index (χ0) is 19.0. The second kappa shape index (κ2) is 7.34. The zero-order valence-corrected chi connectivity index (χ0v) is 16.6. The van der Waals surface area contributed by atoms with E-state index in [-0.39, 0.29) is 0 Å². The van der Waals surface area contributed by atoms with Gasteiger partial charge in [0.15, 0.2) is 0 Å². The minimum atomic E-state index is 0.661. The molecule has 0 heterocycles. The number of rotatable bonds is 4. The summed E-state index contributed by atoms with van der Waals surface area (Å²) in [5, 5.41) is 0. The van der Waals surface area contributed by atoms with Crippen LogP contribution in [0.25, 0.3) is 11.1 Å². The Hall–Kier alpha value is -2.36. The number of fused-ring (bicyclic) bond motifs is 4. The van der Waals surface area contributed by atoms with E-state index in [4.69, 9.17) is 18.9 Å². The smallest absolute Gasteiger partial charge is 0.127 e. The summed E-state index contributed by atoms with van der Waals surface area (Å²) < 4.78 is 23.1. The van der Waals surface area contributed by atoms with Gasteiger partial charge < -0.3 is 18.9 Å². The lowest BCUT2D eigenvalue weighted by Gasteiger charge is -2.30. The maximum absolute atomic E-state index is 5.80. The van der Waals surface area contributed by atoms with Crippen LogP contribution in [0.5, 0.6) is 23.0 Å². The van der Waals surface area contributed by atoms with Crippen LogP contribution < -0.4 is 18.9 Å². The van der Waals surface area contributed by atoms with Crippen molar-refractivity contribution in [1.29, 1.82) is 0 Å². The highest BCUT2D eigenvalue weighted by molar-refractivity contribution is 5.85. The van der Waals surface area contributed by atoms with Crippen LogP contribution in [0.1, 0.15) is 30.4 Å². The fraction of sp³-hybridized carbons (Fsp3) is 0.478. The Morgan fingerprint density at radius 1 is 0.593 bits per heavy atom. The van der Waals surface area contributed by atoms with E-state index in [1.165, 1.54) is 30.4 Å². The fourth-order valence-corrected chi connectivity index (χ4v) is 5.07. The van der Waals surface area contributed by atoms with Crippen LogP contribution >= 0.6 is 0 Å². The highest BCUT2D eigenvalue weighted by Gasteiger charge is 2.35. The van der Waals surface area contributed by atoms with E-state index in [1.54, 1.807) is 28.4 Å². The molecule has 2 unspecified atom stereocenters. The molecule has 0 amide bonds. The molecule has 0 N–H and O–H groups in total. The summed E-state index contributed by atoms with van der Waals surface area (Å²) in [4.78, 5) is 0. The molecule has 1 fully saturated rings. The molecule has 0 aromatic heterocycles. The van der Waals surface area contributed by atoms with Crippen molar-refractivity contribution in [3.8, 4) is 34.1 Å². The first kappa shape index (κ1) is 18.0. The van der Waals surface area contributed by atoms with Crippen LogP contribution in [-0.4, -0.2) is 28.4 Å². The van der Waals surface area contributed by atoms with Crippen molar-refractivity contribution in [3.05, 3.63) is 35.4 Å². The van der Waals surface area contributed by atoms with Gasteiger partial charge in [0, 0.05) is 22.3 Å². The molecule has 2 aliphatic carbocycles. The third-order valence-electron chi connectivity index (χ3n) is 6.34. The lowest BCUT2D eigenvalue weighted by molar-refractivity contribution is 0.352. The molecule has 2 aromatic rings. The Balaban J connectivity index is 2.08. The van der Waals surface area contributed by atoms with E-state index in [9.17, 15) is 0 Å². The summed E-state index contributed by atoms with van der Waals surface area (Å²) in [7, 11) is 6.95. The van der Waals surface area contributed by atoms with E-state index in [0.29, 0.717) is 11.8 Å². The normalized spacial score (nSPS) is 20.6. The first-order valence-corrected chi connectivity index (χ1v) is 9.69. The lowest BCUT2D eigenvalue weighted by atomic mass is 9.77. The molecule has 27 heavy (non-hydrogen) atoms. The SMILES string of the molecule is COc1ccc(OC)c2c1CC1CCCC1Cc1c(OC)ccc(OC)c1-2. The molecule has 1 saturated carbocycles. The van der Waals surface area contributed by atoms with Gasteiger partial charge in [0.25, 0.3) is 0 Å². The van der Waals surface area contributed by atoms with Gasteiger partial charge in [-0.25, -0.2) is 0 Å². The van der Waals surface area contributed by atoms with Crippen LogP contribution in [0, 0.1) is 11.8 Å². The molecular formula is C23H28O4. The first-order chi connectivity index (χ1) is 13.2. The molecule has 0 spiro atoms. The summed E-state index contributed by atoms with van der Waals surface area (Å²) in [5.74, 6) is 4.89. The summed E-state index contributed by atoms with van der Waals surface area (Å²) in [6, 6.07) is 8.04. The van der Waals surface area contributed by atoms with Crippen LogP contribution in [0.15, 0.2) is 24.3 Å². The third-order valence-corrected chi connectivity index (χ3v) is 6.34. The van der Waals surface area contributed by atoms with Crippen molar-refractivity contribution in [3.63, 3.8) is 0 Å². The molecule has 2 aromatic carbocycles. The van der Waals surface area contributed by atoms with E-state index in [0.717, 1.165) is 47.0 Å². The minimum absolute atomic E-state index is 0.661. The van der Waals surface area contributed by atoms with E-state index >= 15 is 0 Å². The van der Waals surface area contributed by atoms with Gasteiger partial charge in [0.05, 0.1) is 28.4 Å². The largest absolute Gasteiger partial charge is 0.496 e. The van der Waals surface area contributed by atoms with Gasteiger partial charge in [0.1, 0.15) is 23.0 Å². The van der Waals surface area contributed by atoms with Gasteiger partial charge in [-0.1, -0.05) is 6.42 Å². The van der Waals surface area contributed by atoms with Crippen LogP contribution in [-0.2, 0) is 12.8 Å². The average Bonchev–Trinajstić information content (AvgIpc) is 3.12. The predicted octanol–water partition coefficient (Wildman–Crippen LogP) is 4.90. The van der Waals surface area contributed by atoms with Crippen LogP contribution in [0.4, 0.5) is 0 Å². The summed E-state index contributed by atoms with van der Waals surface area (Å²) >= 11 is 0. The van der Waals surface area contributed by atoms with E-state index in [2.05, 4.69) is 0 Å². The van der Waals surface area contributed by atoms with Crippen molar-refractivity contribution in [2.75, 3.05) is 28.4 Å². The van der Waals surface area contributed by atoms with Crippen molar-refractivity contribution in [2.45, 2.75) is 32.1 Å². The molecule has 4 nitrogen and oxygen atoms in total. The number of ether oxygens (including phenoxy) is 4. The van der Waals surface area contributed by atoms with Crippen molar-refractivity contribution < 1.29 is 18.9 Å². The second-order valence-corrected chi connectivity index (χ2v) is 7.51. The van der Waals surface area contributed by atoms with Gasteiger partial charge in [-0.05, 0) is 61.8 Å². The van der Waals surface area contributed by atoms with Crippen molar-refractivity contribution >= 4 is 0 Å². The van der Waals surface area contributed by atoms with Crippen LogP contribution in [0.3, 0.4) is 0 Å². The molecule has 0 bridgehead atoms. The second-order valence-electron chi connectivity index (χ2n) is 7.51. The number of benzene rings is 2. The van der Waals surface area contributed by atoms with Crippen molar-refractivity contribution in [1.82, 2.24) is 0 Å². The molecule has 2 atom stereocenters. The molecular weight excluding hydrogens is 340 g/mol. The molecule has 2 aliphatic rings. The fourth-order valence-electron chi connectivity index (χ4n) is 5.07. The number of hydrogen-bond acceptors (Lipinski definition) is 4.